The molecular weight excluding hydrogens is 460 g/mol. The largest absolute Gasteiger partial charge is 0.476 e. The third-order valence-corrected chi connectivity index (χ3v) is 6.17. The van der Waals surface area contributed by atoms with Gasteiger partial charge in [0.25, 0.3) is 17.7 Å². The number of H-pyrrole nitrogens is 1. The maximum Gasteiger partial charge on any atom is 0.268 e. The third-order valence-electron chi connectivity index (χ3n) is 4.55. The highest BCUT2D eigenvalue weighted by Gasteiger charge is 2.36. The molecule has 1 aliphatic rings. The average molecular weight is 477 g/mol. The Morgan fingerprint density at radius 1 is 1.21 bits per heavy atom. The number of hydrogen-bond donors (Lipinski definition) is 4. The van der Waals surface area contributed by atoms with Crippen LogP contribution in [-0.4, -0.2) is 35.4 Å². The van der Waals surface area contributed by atoms with Crippen LogP contribution in [0.3, 0.4) is 0 Å². The predicted octanol–water partition coefficient (Wildman–Crippen LogP) is 3.71. The van der Waals surface area contributed by atoms with Gasteiger partial charge in [0.15, 0.2) is 5.60 Å². The van der Waals surface area contributed by atoms with E-state index in [-0.39, 0.29) is 29.1 Å². The number of halogens is 1. The van der Waals surface area contributed by atoms with Gasteiger partial charge in [0, 0.05) is 12.4 Å². The van der Waals surface area contributed by atoms with Crippen LogP contribution in [-0.2, 0) is 4.79 Å². The molecule has 4 rings (SSSR count). The highest BCUT2D eigenvalue weighted by Crippen LogP contribution is 2.39. The van der Waals surface area contributed by atoms with Crippen molar-refractivity contribution in [2.75, 3.05) is 17.7 Å². The van der Waals surface area contributed by atoms with Crippen molar-refractivity contribution in [3.05, 3.63) is 38.5 Å². The SMILES string of the molecule is CNC(=O)c1c(NC(=O)c2ccc(Br)s2)[nH]c2cc3c(cc12)OC(C)(C)C(=O)N3. The van der Waals surface area contributed by atoms with E-state index < -0.39 is 5.60 Å². The number of aromatic nitrogens is 1. The molecule has 29 heavy (non-hydrogen) atoms. The van der Waals surface area contributed by atoms with Crippen molar-refractivity contribution in [1.29, 1.82) is 0 Å². The Morgan fingerprint density at radius 3 is 2.62 bits per heavy atom. The van der Waals surface area contributed by atoms with Gasteiger partial charge in [-0.05, 0) is 54.0 Å². The normalized spacial score (nSPS) is 14.7. The second-order valence-corrected chi connectivity index (χ2v) is 9.44. The van der Waals surface area contributed by atoms with Crippen LogP contribution in [0.25, 0.3) is 10.9 Å². The summed E-state index contributed by atoms with van der Waals surface area (Å²) >= 11 is 4.62. The van der Waals surface area contributed by atoms with E-state index in [0.717, 1.165) is 3.79 Å². The Labute approximate surface area is 178 Å². The first-order chi connectivity index (χ1) is 13.7. The zero-order chi connectivity index (χ0) is 20.9. The fourth-order valence-corrected chi connectivity index (χ4v) is 4.35. The van der Waals surface area contributed by atoms with Crippen molar-refractivity contribution in [3.63, 3.8) is 0 Å². The maximum absolute atomic E-state index is 12.6. The molecule has 10 heteroatoms. The van der Waals surface area contributed by atoms with E-state index in [4.69, 9.17) is 4.74 Å². The molecule has 3 aromatic rings. The van der Waals surface area contributed by atoms with Gasteiger partial charge in [-0.1, -0.05) is 0 Å². The van der Waals surface area contributed by atoms with Crippen LogP contribution in [0.1, 0.15) is 33.9 Å². The first kappa shape index (κ1) is 19.5. The van der Waals surface area contributed by atoms with Crippen LogP contribution >= 0.6 is 27.3 Å². The van der Waals surface area contributed by atoms with Gasteiger partial charge >= 0.3 is 0 Å². The van der Waals surface area contributed by atoms with Gasteiger partial charge in [-0.25, -0.2) is 0 Å². The number of amides is 3. The Hall–Kier alpha value is -2.85. The standard InChI is InChI=1S/C19H17BrN4O4S/c1-19(2)18(27)23-10-7-9-8(6-11(10)28-19)14(17(26)21-3)15(22-9)24-16(25)12-4-5-13(20)29-12/h4-7,22H,1-3H3,(H,21,26)(H,23,27)(H,24,25). The molecule has 3 amide bonds. The summed E-state index contributed by atoms with van der Waals surface area (Å²) in [5.41, 5.74) is 0.320. The fourth-order valence-electron chi connectivity index (χ4n) is 3.06. The first-order valence-electron chi connectivity index (χ1n) is 8.68. The lowest BCUT2D eigenvalue weighted by molar-refractivity contribution is -0.129. The summed E-state index contributed by atoms with van der Waals surface area (Å²) in [7, 11) is 1.52. The molecule has 0 bridgehead atoms. The third kappa shape index (κ3) is 3.38. The van der Waals surface area contributed by atoms with Crippen molar-refractivity contribution in [1.82, 2.24) is 10.3 Å². The number of aromatic amines is 1. The van der Waals surface area contributed by atoms with Crippen LogP contribution < -0.4 is 20.7 Å². The lowest BCUT2D eigenvalue weighted by atomic mass is 10.0. The number of benzene rings is 1. The quantitative estimate of drug-likeness (QED) is 0.461. The number of rotatable bonds is 3. The molecule has 0 saturated heterocycles. The van der Waals surface area contributed by atoms with E-state index in [1.54, 1.807) is 38.1 Å². The van der Waals surface area contributed by atoms with E-state index in [1.807, 2.05) is 0 Å². The summed E-state index contributed by atoms with van der Waals surface area (Å²) in [5, 5.41) is 8.74. The zero-order valence-corrected chi connectivity index (χ0v) is 18.1. The van der Waals surface area contributed by atoms with Crippen LogP contribution in [0.5, 0.6) is 5.75 Å². The maximum atomic E-state index is 12.6. The van der Waals surface area contributed by atoms with Crippen molar-refractivity contribution in [2.45, 2.75) is 19.4 Å². The Kier molecular flexibility index (Phi) is 4.62. The van der Waals surface area contributed by atoms with Gasteiger partial charge in [0.1, 0.15) is 11.6 Å². The second kappa shape index (κ2) is 6.89. The minimum absolute atomic E-state index is 0.265. The van der Waals surface area contributed by atoms with Gasteiger partial charge in [-0.15, -0.1) is 11.3 Å². The van der Waals surface area contributed by atoms with Gasteiger partial charge in [0.2, 0.25) is 0 Å². The summed E-state index contributed by atoms with van der Waals surface area (Å²) in [6.45, 7) is 3.33. The number of ether oxygens (including phenoxy) is 1. The molecule has 8 nitrogen and oxygen atoms in total. The average Bonchev–Trinajstić information content (AvgIpc) is 3.23. The van der Waals surface area contributed by atoms with Crippen molar-refractivity contribution in [3.8, 4) is 5.75 Å². The van der Waals surface area contributed by atoms with Crippen molar-refractivity contribution >= 4 is 67.4 Å². The fraction of sp³-hybridized carbons (Fsp3) is 0.211. The highest BCUT2D eigenvalue weighted by molar-refractivity contribution is 9.11. The summed E-state index contributed by atoms with van der Waals surface area (Å²) in [6, 6.07) is 6.84. The van der Waals surface area contributed by atoms with Gasteiger partial charge in [-0.2, -0.15) is 0 Å². The minimum Gasteiger partial charge on any atom is -0.476 e. The predicted molar refractivity (Wildman–Crippen MR) is 115 cm³/mol. The van der Waals surface area contributed by atoms with Crippen LogP contribution in [0, 0.1) is 0 Å². The van der Waals surface area contributed by atoms with E-state index in [9.17, 15) is 14.4 Å². The van der Waals surface area contributed by atoms with E-state index >= 15 is 0 Å². The summed E-state index contributed by atoms with van der Waals surface area (Å²) in [6.07, 6.45) is 0. The van der Waals surface area contributed by atoms with E-state index in [1.165, 1.54) is 18.4 Å². The molecule has 0 saturated carbocycles. The van der Waals surface area contributed by atoms with Crippen LogP contribution in [0.2, 0.25) is 0 Å². The van der Waals surface area contributed by atoms with Gasteiger partial charge in [0.05, 0.1) is 25.4 Å². The number of fused-ring (bicyclic) bond motifs is 2. The molecule has 1 aromatic carbocycles. The number of anilines is 2. The molecule has 0 spiro atoms. The van der Waals surface area contributed by atoms with Crippen molar-refractivity contribution in [2.24, 2.45) is 0 Å². The molecule has 150 valence electrons. The lowest BCUT2D eigenvalue weighted by Crippen LogP contribution is -2.45. The minimum atomic E-state index is -1.03. The number of thiophene rings is 1. The Balaban J connectivity index is 1.81. The Morgan fingerprint density at radius 2 is 1.97 bits per heavy atom. The Bertz CT molecular complexity index is 1180. The second-order valence-electron chi connectivity index (χ2n) is 6.97. The van der Waals surface area contributed by atoms with E-state index in [0.29, 0.717) is 27.2 Å². The van der Waals surface area contributed by atoms with Crippen LogP contribution in [0.15, 0.2) is 28.1 Å². The zero-order valence-electron chi connectivity index (χ0n) is 15.7. The van der Waals surface area contributed by atoms with Gasteiger partial charge < -0.3 is 25.7 Å². The molecular formula is C19H17BrN4O4S. The van der Waals surface area contributed by atoms with Gasteiger partial charge in [-0.3, -0.25) is 14.4 Å². The van der Waals surface area contributed by atoms with Crippen LogP contribution in [0.4, 0.5) is 11.5 Å². The lowest BCUT2D eigenvalue weighted by Gasteiger charge is -2.31. The highest BCUT2D eigenvalue weighted by atomic mass is 79.9. The molecule has 0 aliphatic carbocycles. The molecule has 4 N–H and O–H groups in total. The summed E-state index contributed by atoms with van der Waals surface area (Å²) in [5.74, 6) is -0.252. The number of nitrogens with one attached hydrogen (secondary N) is 4. The van der Waals surface area contributed by atoms with Crippen molar-refractivity contribution < 1.29 is 19.1 Å². The molecule has 0 radical (unpaired) electrons. The molecule has 0 unspecified atom stereocenters. The van der Waals surface area contributed by atoms with E-state index in [2.05, 4.69) is 36.9 Å². The first-order valence-corrected chi connectivity index (χ1v) is 10.3. The number of carbonyl (C=O) groups is 3. The molecule has 3 heterocycles. The smallest absolute Gasteiger partial charge is 0.268 e. The molecule has 0 fully saturated rings. The topological polar surface area (TPSA) is 112 Å². The summed E-state index contributed by atoms with van der Waals surface area (Å²) in [4.78, 5) is 40.9. The molecule has 2 aromatic heterocycles. The summed E-state index contributed by atoms with van der Waals surface area (Å²) < 4.78 is 6.65. The monoisotopic (exact) mass is 476 g/mol. The molecule has 0 atom stereocenters. The number of carbonyl (C=O) groups excluding carboxylic acids is 3. The number of hydrogen-bond acceptors (Lipinski definition) is 5. The molecule has 1 aliphatic heterocycles.